The number of hydrogen-bond donors (Lipinski definition) is 2. The molecule has 2 amide bonds. The Morgan fingerprint density at radius 2 is 2.04 bits per heavy atom. The van der Waals surface area contributed by atoms with Gasteiger partial charge in [-0.25, -0.2) is 4.98 Å². The highest BCUT2D eigenvalue weighted by Gasteiger charge is 2.31. The van der Waals surface area contributed by atoms with E-state index in [-0.39, 0.29) is 29.6 Å². The van der Waals surface area contributed by atoms with Crippen LogP contribution in [0, 0.1) is 0 Å². The number of rotatable bonds is 6. The molecule has 3 N–H and O–H groups in total. The standard InChI is InChI=1S/C13H12F3N3O3S/c14-13(15,16)22-7-4-5-8-9(6-7)23-12(18-8)19-11(21)3-1-2-10(17)20/h4-6H,1-3H2,(H2,17,20)(H,18,19,21). The van der Waals surface area contributed by atoms with Gasteiger partial charge in [-0.15, -0.1) is 13.2 Å². The Morgan fingerprint density at radius 1 is 1.30 bits per heavy atom. The number of hydrogen-bond acceptors (Lipinski definition) is 5. The van der Waals surface area contributed by atoms with Crippen molar-refractivity contribution >= 4 is 38.5 Å². The Labute approximate surface area is 132 Å². The van der Waals surface area contributed by atoms with Crippen molar-refractivity contribution in [3.63, 3.8) is 0 Å². The number of benzene rings is 1. The fraction of sp³-hybridized carbons (Fsp3) is 0.308. The zero-order valence-electron chi connectivity index (χ0n) is 11.6. The van der Waals surface area contributed by atoms with Crippen molar-refractivity contribution in [2.45, 2.75) is 25.6 Å². The van der Waals surface area contributed by atoms with Gasteiger partial charge in [-0.3, -0.25) is 9.59 Å². The monoisotopic (exact) mass is 347 g/mol. The second kappa shape index (κ2) is 6.82. The second-order valence-electron chi connectivity index (χ2n) is 4.56. The number of alkyl halides is 3. The number of ether oxygens (including phenoxy) is 1. The lowest BCUT2D eigenvalue weighted by molar-refractivity contribution is -0.274. The summed E-state index contributed by atoms with van der Waals surface area (Å²) >= 11 is 1.02. The number of carbonyl (C=O) groups excluding carboxylic acids is 2. The largest absolute Gasteiger partial charge is 0.573 e. The van der Waals surface area contributed by atoms with E-state index in [1.165, 1.54) is 12.1 Å². The fourth-order valence-electron chi connectivity index (χ4n) is 1.76. The summed E-state index contributed by atoms with van der Waals surface area (Å²) in [7, 11) is 0. The van der Waals surface area contributed by atoms with Crippen molar-refractivity contribution in [1.29, 1.82) is 0 Å². The molecule has 0 bridgehead atoms. The quantitative estimate of drug-likeness (QED) is 0.840. The first kappa shape index (κ1) is 17.0. The molecular weight excluding hydrogens is 335 g/mol. The summed E-state index contributed by atoms with van der Waals surface area (Å²) in [6.45, 7) is 0. The Bertz CT molecular complexity index is 730. The highest BCUT2D eigenvalue weighted by Crippen LogP contribution is 2.31. The lowest BCUT2D eigenvalue weighted by Gasteiger charge is -2.07. The number of carbonyl (C=O) groups is 2. The number of aromatic nitrogens is 1. The summed E-state index contributed by atoms with van der Waals surface area (Å²) in [5, 5.41) is 2.78. The van der Waals surface area contributed by atoms with E-state index in [9.17, 15) is 22.8 Å². The van der Waals surface area contributed by atoms with Gasteiger partial charge >= 0.3 is 6.36 Å². The average molecular weight is 347 g/mol. The number of nitrogens with one attached hydrogen (secondary N) is 1. The van der Waals surface area contributed by atoms with Crippen LogP contribution < -0.4 is 15.8 Å². The molecule has 0 aliphatic heterocycles. The van der Waals surface area contributed by atoms with Crippen LogP contribution in [0.1, 0.15) is 19.3 Å². The zero-order valence-corrected chi connectivity index (χ0v) is 12.5. The molecule has 23 heavy (non-hydrogen) atoms. The molecule has 0 aliphatic rings. The van der Waals surface area contributed by atoms with E-state index in [4.69, 9.17) is 5.73 Å². The first-order valence-electron chi connectivity index (χ1n) is 6.47. The van der Waals surface area contributed by atoms with E-state index >= 15 is 0 Å². The Kier molecular flexibility index (Phi) is 5.04. The number of anilines is 1. The number of amides is 2. The van der Waals surface area contributed by atoms with Crippen LogP contribution in [0.2, 0.25) is 0 Å². The first-order valence-corrected chi connectivity index (χ1v) is 7.29. The average Bonchev–Trinajstić information content (AvgIpc) is 2.77. The van der Waals surface area contributed by atoms with Crippen LogP contribution in [0.5, 0.6) is 5.75 Å². The molecule has 0 aliphatic carbocycles. The molecule has 0 atom stereocenters. The summed E-state index contributed by atoms with van der Waals surface area (Å²) in [5.41, 5.74) is 5.41. The molecule has 1 heterocycles. The maximum Gasteiger partial charge on any atom is 0.573 e. The normalized spacial score (nSPS) is 11.4. The maximum absolute atomic E-state index is 12.2. The maximum atomic E-state index is 12.2. The molecule has 2 aromatic rings. The number of fused-ring (bicyclic) bond motifs is 1. The number of primary amides is 1. The van der Waals surface area contributed by atoms with Gasteiger partial charge in [0.2, 0.25) is 11.8 Å². The van der Waals surface area contributed by atoms with Gasteiger partial charge in [-0.1, -0.05) is 11.3 Å². The molecule has 6 nitrogen and oxygen atoms in total. The molecule has 10 heteroatoms. The van der Waals surface area contributed by atoms with E-state index in [2.05, 4.69) is 15.0 Å². The van der Waals surface area contributed by atoms with Gasteiger partial charge in [0.15, 0.2) is 5.13 Å². The van der Waals surface area contributed by atoms with Crippen LogP contribution in [-0.4, -0.2) is 23.2 Å². The van der Waals surface area contributed by atoms with Crippen molar-refractivity contribution in [1.82, 2.24) is 4.98 Å². The summed E-state index contributed by atoms with van der Waals surface area (Å²) in [4.78, 5) is 26.3. The Balaban J connectivity index is 2.02. The molecule has 1 aromatic carbocycles. The Morgan fingerprint density at radius 3 is 2.70 bits per heavy atom. The molecule has 0 saturated carbocycles. The number of nitrogens with two attached hydrogens (primary N) is 1. The highest BCUT2D eigenvalue weighted by atomic mass is 32.1. The van der Waals surface area contributed by atoms with Crippen molar-refractivity contribution in [3.8, 4) is 5.75 Å². The van der Waals surface area contributed by atoms with Gasteiger partial charge in [0.05, 0.1) is 10.2 Å². The predicted octanol–water partition coefficient (Wildman–Crippen LogP) is 2.79. The molecule has 0 radical (unpaired) electrons. The van der Waals surface area contributed by atoms with Gasteiger partial charge in [-0.05, 0) is 18.6 Å². The zero-order chi connectivity index (χ0) is 17.0. The summed E-state index contributed by atoms with van der Waals surface area (Å²) < 4.78 is 40.8. The third-order valence-electron chi connectivity index (χ3n) is 2.67. The summed E-state index contributed by atoms with van der Waals surface area (Å²) in [5.74, 6) is -1.19. The van der Waals surface area contributed by atoms with E-state index in [0.29, 0.717) is 16.6 Å². The molecule has 0 saturated heterocycles. The van der Waals surface area contributed by atoms with Gasteiger partial charge in [-0.2, -0.15) is 0 Å². The Hall–Kier alpha value is -2.36. The van der Waals surface area contributed by atoms with Crippen LogP contribution in [0.25, 0.3) is 10.2 Å². The molecule has 0 unspecified atom stereocenters. The van der Waals surface area contributed by atoms with Crippen LogP contribution in [0.4, 0.5) is 18.3 Å². The van der Waals surface area contributed by atoms with E-state index in [1.807, 2.05) is 0 Å². The molecule has 124 valence electrons. The minimum absolute atomic E-state index is 0.0985. The van der Waals surface area contributed by atoms with Crippen molar-refractivity contribution in [3.05, 3.63) is 18.2 Å². The molecule has 2 rings (SSSR count). The van der Waals surface area contributed by atoms with Gasteiger partial charge in [0.1, 0.15) is 5.75 Å². The van der Waals surface area contributed by atoms with E-state index in [1.54, 1.807) is 0 Å². The van der Waals surface area contributed by atoms with Crippen LogP contribution in [-0.2, 0) is 9.59 Å². The SMILES string of the molecule is NC(=O)CCCC(=O)Nc1nc2ccc(OC(F)(F)F)cc2s1. The van der Waals surface area contributed by atoms with Gasteiger partial charge in [0.25, 0.3) is 0 Å². The molecule has 0 spiro atoms. The minimum atomic E-state index is -4.77. The van der Waals surface area contributed by atoms with Gasteiger partial charge in [0, 0.05) is 18.9 Å². The fourth-order valence-corrected chi connectivity index (χ4v) is 2.67. The molecule has 1 aromatic heterocycles. The predicted molar refractivity (Wildman–Crippen MR) is 78.0 cm³/mol. The molecule has 0 fully saturated rings. The van der Waals surface area contributed by atoms with Crippen LogP contribution >= 0.6 is 11.3 Å². The lowest BCUT2D eigenvalue weighted by Crippen LogP contribution is -2.16. The van der Waals surface area contributed by atoms with Crippen molar-refractivity contribution in [2.75, 3.05) is 5.32 Å². The third-order valence-corrected chi connectivity index (χ3v) is 3.60. The summed E-state index contributed by atoms with van der Waals surface area (Å²) in [6.07, 6.45) is -4.25. The van der Waals surface area contributed by atoms with Crippen molar-refractivity contribution < 1.29 is 27.5 Å². The lowest BCUT2D eigenvalue weighted by atomic mass is 10.2. The molecular formula is C13H12F3N3O3S. The van der Waals surface area contributed by atoms with E-state index < -0.39 is 12.3 Å². The second-order valence-corrected chi connectivity index (χ2v) is 5.60. The van der Waals surface area contributed by atoms with Crippen molar-refractivity contribution in [2.24, 2.45) is 5.73 Å². The van der Waals surface area contributed by atoms with Crippen LogP contribution in [0.15, 0.2) is 18.2 Å². The van der Waals surface area contributed by atoms with E-state index in [0.717, 1.165) is 17.4 Å². The van der Waals surface area contributed by atoms with Gasteiger partial charge < -0.3 is 15.8 Å². The number of thiazole rings is 1. The topological polar surface area (TPSA) is 94.3 Å². The minimum Gasteiger partial charge on any atom is -0.406 e. The number of nitrogens with zero attached hydrogens (tertiary/aromatic N) is 1. The first-order chi connectivity index (χ1) is 10.7. The summed E-state index contributed by atoms with van der Waals surface area (Å²) in [6, 6.07) is 3.72. The smallest absolute Gasteiger partial charge is 0.406 e. The number of halogens is 3. The van der Waals surface area contributed by atoms with Crippen LogP contribution in [0.3, 0.4) is 0 Å². The third kappa shape index (κ3) is 5.40. The highest BCUT2D eigenvalue weighted by molar-refractivity contribution is 7.22.